The molecule has 116 valence electrons. The smallest absolute Gasteiger partial charge is 0.226 e. The van der Waals surface area contributed by atoms with E-state index >= 15 is 0 Å². The number of carbonyl (C=O) groups excluding carboxylic acids is 1. The van der Waals surface area contributed by atoms with Crippen molar-refractivity contribution in [2.45, 2.75) is 18.5 Å². The van der Waals surface area contributed by atoms with Gasteiger partial charge < -0.3 is 10.1 Å². The van der Waals surface area contributed by atoms with Crippen LogP contribution in [0.4, 0.5) is 0 Å². The number of carbonyl (C=O) groups is 1. The van der Waals surface area contributed by atoms with E-state index in [0.717, 1.165) is 29.3 Å². The molecule has 7 heteroatoms. The number of aryl methyl sites for hydroxylation is 1. The summed E-state index contributed by atoms with van der Waals surface area (Å²) in [7, 11) is 0. The van der Waals surface area contributed by atoms with E-state index in [1.807, 2.05) is 31.2 Å². The van der Waals surface area contributed by atoms with Gasteiger partial charge in [-0.25, -0.2) is 4.98 Å². The van der Waals surface area contributed by atoms with E-state index in [9.17, 15) is 4.79 Å². The third-order valence-corrected chi connectivity index (χ3v) is 4.31. The molecule has 1 aromatic carbocycles. The summed E-state index contributed by atoms with van der Waals surface area (Å²) in [4.78, 5) is 16.4. The van der Waals surface area contributed by atoms with E-state index in [2.05, 4.69) is 20.5 Å². The fourth-order valence-electron chi connectivity index (χ4n) is 2.34. The first kappa shape index (κ1) is 14.9. The normalized spacial score (nSPS) is 16.7. The molecule has 0 saturated carbocycles. The number of aromatic amines is 1. The molecule has 1 aliphatic rings. The quantitative estimate of drug-likeness (QED) is 0.646. The van der Waals surface area contributed by atoms with Crippen LogP contribution < -0.4 is 10.1 Å². The summed E-state index contributed by atoms with van der Waals surface area (Å²) in [5.41, 5.74) is 1.10. The van der Waals surface area contributed by atoms with Crippen LogP contribution in [0.15, 0.2) is 29.4 Å². The van der Waals surface area contributed by atoms with Gasteiger partial charge in [0.05, 0.1) is 5.92 Å². The Morgan fingerprint density at radius 1 is 1.50 bits per heavy atom. The summed E-state index contributed by atoms with van der Waals surface area (Å²) >= 11 is 1.52. The number of thioether (sulfide) groups is 1. The first-order chi connectivity index (χ1) is 10.7. The van der Waals surface area contributed by atoms with Crippen molar-refractivity contribution in [1.82, 2.24) is 20.5 Å². The Hall–Kier alpha value is -2.02. The molecule has 3 rings (SSSR count). The van der Waals surface area contributed by atoms with E-state index < -0.39 is 0 Å². The molecular formula is C15H18N4O2S. The lowest BCUT2D eigenvalue weighted by Gasteiger charge is -2.24. The Morgan fingerprint density at radius 2 is 2.36 bits per heavy atom. The topological polar surface area (TPSA) is 79.9 Å². The number of nitrogens with one attached hydrogen (secondary N) is 2. The minimum Gasteiger partial charge on any atom is -0.492 e. The monoisotopic (exact) mass is 318 g/mol. The SMILES string of the molecule is Cc1nc(SCCNC(=O)[C@H]2COc3ccccc3C2)n[nH]1. The van der Waals surface area contributed by atoms with Crippen LogP contribution in [0.3, 0.4) is 0 Å². The molecule has 2 heterocycles. The van der Waals surface area contributed by atoms with E-state index in [1.54, 1.807) is 0 Å². The van der Waals surface area contributed by atoms with Gasteiger partial charge in [0, 0.05) is 12.3 Å². The second-order valence-electron chi connectivity index (χ2n) is 5.16. The fourth-order valence-corrected chi connectivity index (χ4v) is 3.04. The highest BCUT2D eigenvalue weighted by Crippen LogP contribution is 2.26. The lowest BCUT2D eigenvalue weighted by molar-refractivity contribution is -0.126. The first-order valence-corrected chi connectivity index (χ1v) is 8.21. The highest BCUT2D eigenvalue weighted by molar-refractivity contribution is 7.99. The van der Waals surface area contributed by atoms with Crippen LogP contribution in [0.5, 0.6) is 5.75 Å². The van der Waals surface area contributed by atoms with Crippen molar-refractivity contribution in [3.63, 3.8) is 0 Å². The maximum atomic E-state index is 12.2. The summed E-state index contributed by atoms with van der Waals surface area (Å²) in [6.07, 6.45) is 0.731. The van der Waals surface area contributed by atoms with E-state index in [0.29, 0.717) is 18.3 Å². The van der Waals surface area contributed by atoms with E-state index in [-0.39, 0.29) is 11.8 Å². The molecule has 1 aromatic heterocycles. The summed E-state index contributed by atoms with van der Waals surface area (Å²) in [6.45, 7) is 2.89. The van der Waals surface area contributed by atoms with Crippen molar-refractivity contribution in [1.29, 1.82) is 0 Å². The van der Waals surface area contributed by atoms with Gasteiger partial charge in [-0.3, -0.25) is 9.89 Å². The molecular weight excluding hydrogens is 300 g/mol. The van der Waals surface area contributed by atoms with Gasteiger partial charge in [0.25, 0.3) is 0 Å². The van der Waals surface area contributed by atoms with Gasteiger partial charge in [-0.05, 0) is 25.0 Å². The standard InChI is InChI=1S/C15H18N4O2S/c1-10-17-15(19-18-10)22-7-6-16-14(20)12-8-11-4-2-3-5-13(11)21-9-12/h2-5,12H,6-9H2,1H3,(H,16,20)(H,17,18,19)/t12-/m1/s1. The average Bonchev–Trinajstić information content (AvgIpc) is 2.96. The lowest BCUT2D eigenvalue weighted by Crippen LogP contribution is -2.38. The number of hydrogen-bond donors (Lipinski definition) is 2. The molecule has 6 nitrogen and oxygen atoms in total. The van der Waals surface area contributed by atoms with Gasteiger partial charge in [-0.15, -0.1) is 5.10 Å². The number of amides is 1. The van der Waals surface area contributed by atoms with Crippen molar-refractivity contribution in [2.24, 2.45) is 5.92 Å². The average molecular weight is 318 g/mol. The van der Waals surface area contributed by atoms with Crippen molar-refractivity contribution >= 4 is 17.7 Å². The Balaban J connectivity index is 1.43. The number of benzene rings is 1. The number of H-pyrrole nitrogens is 1. The van der Waals surface area contributed by atoms with Crippen molar-refractivity contribution in [3.8, 4) is 5.75 Å². The highest BCUT2D eigenvalue weighted by Gasteiger charge is 2.25. The second kappa shape index (κ2) is 6.83. The maximum absolute atomic E-state index is 12.2. The van der Waals surface area contributed by atoms with Crippen LogP contribution in [0.1, 0.15) is 11.4 Å². The first-order valence-electron chi connectivity index (χ1n) is 7.22. The molecule has 0 aliphatic carbocycles. The van der Waals surface area contributed by atoms with Gasteiger partial charge >= 0.3 is 0 Å². The molecule has 22 heavy (non-hydrogen) atoms. The Labute approximate surface area is 133 Å². The summed E-state index contributed by atoms with van der Waals surface area (Å²) in [5, 5.41) is 10.5. The number of aromatic nitrogens is 3. The molecule has 0 bridgehead atoms. The molecule has 0 unspecified atom stereocenters. The third kappa shape index (κ3) is 3.59. The van der Waals surface area contributed by atoms with Crippen LogP contribution in [0.25, 0.3) is 0 Å². The van der Waals surface area contributed by atoms with Crippen molar-refractivity contribution in [3.05, 3.63) is 35.7 Å². The minimum absolute atomic E-state index is 0.0428. The Kier molecular flexibility index (Phi) is 4.62. The highest BCUT2D eigenvalue weighted by atomic mass is 32.2. The molecule has 0 saturated heterocycles. The van der Waals surface area contributed by atoms with Gasteiger partial charge in [0.15, 0.2) is 0 Å². The number of nitrogens with zero attached hydrogens (tertiary/aromatic N) is 2. The second-order valence-corrected chi connectivity index (χ2v) is 6.22. The zero-order valence-electron chi connectivity index (χ0n) is 12.3. The van der Waals surface area contributed by atoms with Crippen LogP contribution in [-0.2, 0) is 11.2 Å². The van der Waals surface area contributed by atoms with E-state index in [1.165, 1.54) is 11.8 Å². The van der Waals surface area contributed by atoms with Gasteiger partial charge in [-0.1, -0.05) is 30.0 Å². The number of ether oxygens (including phenoxy) is 1. The molecule has 1 amide bonds. The van der Waals surface area contributed by atoms with Crippen LogP contribution in [-0.4, -0.2) is 40.0 Å². The molecule has 0 radical (unpaired) electrons. The van der Waals surface area contributed by atoms with Gasteiger partial charge in [0.2, 0.25) is 11.1 Å². The largest absolute Gasteiger partial charge is 0.492 e. The van der Waals surface area contributed by atoms with Crippen LogP contribution in [0, 0.1) is 12.8 Å². The minimum atomic E-state index is -0.120. The maximum Gasteiger partial charge on any atom is 0.226 e. The van der Waals surface area contributed by atoms with Crippen LogP contribution in [0.2, 0.25) is 0 Å². The van der Waals surface area contributed by atoms with Gasteiger partial charge in [0.1, 0.15) is 18.2 Å². The zero-order chi connectivity index (χ0) is 15.4. The number of hydrogen-bond acceptors (Lipinski definition) is 5. The Bertz CT molecular complexity index is 658. The lowest BCUT2D eigenvalue weighted by atomic mass is 9.96. The molecule has 1 aliphatic heterocycles. The summed E-state index contributed by atoms with van der Waals surface area (Å²) < 4.78 is 5.65. The van der Waals surface area contributed by atoms with Crippen molar-refractivity contribution < 1.29 is 9.53 Å². The van der Waals surface area contributed by atoms with Crippen molar-refractivity contribution in [2.75, 3.05) is 18.9 Å². The molecule has 0 fully saturated rings. The molecule has 2 N–H and O–H groups in total. The predicted octanol–water partition coefficient (Wildman–Crippen LogP) is 1.57. The number of fused-ring (bicyclic) bond motifs is 1. The summed E-state index contributed by atoms with van der Waals surface area (Å²) in [5.74, 6) is 2.35. The Morgan fingerprint density at radius 3 is 3.18 bits per heavy atom. The third-order valence-electron chi connectivity index (χ3n) is 3.46. The molecule has 2 aromatic rings. The predicted molar refractivity (Wildman–Crippen MR) is 84.0 cm³/mol. The van der Waals surface area contributed by atoms with Gasteiger partial charge in [-0.2, -0.15) is 0 Å². The number of rotatable bonds is 5. The molecule has 0 spiro atoms. The fraction of sp³-hybridized carbons (Fsp3) is 0.400. The molecule has 1 atom stereocenters. The van der Waals surface area contributed by atoms with Crippen LogP contribution >= 0.6 is 11.8 Å². The zero-order valence-corrected chi connectivity index (χ0v) is 13.2. The summed E-state index contributed by atoms with van der Waals surface area (Å²) in [6, 6.07) is 7.87. The van der Waals surface area contributed by atoms with E-state index in [4.69, 9.17) is 4.74 Å². The number of para-hydroxylation sites is 1.